The van der Waals surface area contributed by atoms with Gasteiger partial charge in [-0.15, -0.1) is 0 Å². The molecule has 0 unspecified atom stereocenters. The molecule has 2 amide bonds. The van der Waals surface area contributed by atoms with E-state index in [0.29, 0.717) is 32.0 Å². The molecule has 9 nitrogen and oxygen atoms in total. The molecule has 0 bridgehead atoms. The highest BCUT2D eigenvalue weighted by Crippen LogP contribution is 2.37. The maximum Gasteiger partial charge on any atom is 0.410 e. The number of anilines is 1. The van der Waals surface area contributed by atoms with Gasteiger partial charge in [-0.25, -0.2) is 14.2 Å². The summed E-state index contributed by atoms with van der Waals surface area (Å²) < 4.78 is 21.1. The lowest BCUT2D eigenvalue weighted by molar-refractivity contribution is -0.114. The Hall–Kier alpha value is -3.79. The molecule has 1 aliphatic heterocycles. The fourth-order valence-corrected chi connectivity index (χ4v) is 4.23. The molecule has 0 saturated heterocycles. The second kappa shape index (κ2) is 10.7. The number of likely N-dealkylation sites (N-methyl/N-ethyl adjacent to an activating group) is 1. The molecule has 196 valence electrons. The van der Waals surface area contributed by atoms with E-state index in [1.165, 1.54) is 19.1 Å². The Balaban J connectivity index is 1.63. The van der Waals surface area contributed by atoms with E-state index in [2.05, 4.69) is 15.2 Å². The van der Waals surface area contributed by atoms with Crippen LogP contribution in [0.25, 0.3) is 22.4 Å². The number of rotatable bonds is 6. The van der Waals surface area contributed by atoms with Crippen molar-refractivity contribution in [1.29, 1.82) is 0 Å². The van der Waals surface area contributed by atoms with Crippen LogP contribution >= 0.6 is 0 Å². The molecule has 10 heteroatoms. The molecule has 0 aliphatic carbocycles. The number of amides is 2. The molecule has 2 aromatic heterocycles. The Morgan fingerprint density at radius 2 is 1.86 bits per heavy atom. The summed E-state index contributed by atoms with van der Waals surface area (Å²) in [6.45, 7) is 10.2. The van der Waals surface area contributed by atoms with Crippen LogP contribution < -0.4 is 5.32 Å². The van der Waals surface area contributed by atoms with Crippen LogP contribution in [0.4, 0.5) is 15.0 Å². The van der Waals surface area contributed by atoms with Crippen molar-refractivity contribution in [3.63, 3.8) is 0 Å². The van der Waals surface area contributed by atoms with Crippen LogP contribution in [0.3, 0.4) is 0 Å². The average molecular weight is 509 g/mol. The standard InChI is InChI=1S/C27H33FN6O3/c1-18(35)30-23-16-20(10-11-29-23)24-22-17-33(13-12-32(5)26(36)37-27(2,3)4)14-15-34(22)31-25(24)19-6-8-21(28)9-7-19/h6-11,16H,12-15,17H2,1-5H3,(H,29,30,35). The molecule has 1 N–H and O–H groups in total. The molecule has 1 aromatic carbocycles. The van der Waals surface area contributed by atoms with Crippen molar-refractivity contribution in [2.24, 2.45) is 0 Å². The average Bonchev–Trinajstić information content (AvgIpc) is 3.20. The van der Waals surface area contributed by atoms with Gasteiger partial charge in [-0.3, -0.25) is 14.4 Å². The van der Waals surface area contributed by atoms with E-state index in [1.807, 2.05) is 37.6 Å². The normalized spacial score (nSPS) is 13.7. The maximum absolute atomic E-state index is 13.7. The van der Waals surface area contributed by atoms with Gasteiger partial charge in [0.15, 0.2) is 0 Å². The van der Waals surface area contributed by atoms with E-state index >= 15 is 0 Å². The molecule has 0 spiro atoms. The lowest BCUT2D eigenvalue weighted by atomic mass is 9.98. The van der Waals surface area contributed by atoms with Crippen molar-refractivity contribution in [2.45, 2.75) is 46.4 Å². The van der Waals surface area contributed by atoms with Gasteiger partial charge in [0.2, 0.25) is 5.91 Å². The summed E-state index contributed by atoms with van der Waals surface area (Å²) in [5.74, 6) is -0.0752. The van der Waals surface area contributed by atoms with E-state index < -0.39 is 5.60 Å². The molecule has 0 radical (unpaired) electrons. The van der Waals surface area contributed by atoms with Gasteiger partial charge in [0.05, 0.1) is 12.2 Å². The fraction of sp³-hybridized carbons (Fsp3) is 0.407. The number of hydrogen-bond donors (Lipinski definition) is 1. The summed E-state index contributed by atoms with van der Waals surface area (Å²) >= 11 is 0. The Morgan fingerprint density at radius 1 is 1.14 bits per heavy atom. The minimum absolute atomic E-state index is 0.208. The van der Waals surface area contributed by atoms with E-state index in [4.69, 9.17) is 9.84 Å². The van der Waals surface area contributed by atoms with Crippen LogP contribution in [0.15, 0.2) is 42.6 Å². The second-order valence-electron chi connectivity index (χ2n) is 10.2. The second-order valence-corrected chi connectivity index (χ2v) is 10.2. The molecular formula is C27H33FN6O3. The first-order valence-electron chi connectivity index (χ1n) is 12.3. The zero-order chi connectivity index (χ0) is 26.7. The van der Waals surface area contributed by atoms with E-state index in [-0.39, 0.29) is 17.8 Å². The van der Waals surface area contributed by atoms with E-state index in [0.717, 1.165) is 34.6 Å². The minimum Gasteiger partial charge on any atom is -0.444 e. The third-order valence-electron chi connectivity index (χ3n) is 5.99. The van der Waals surface area contributed by atoms with Gasteiger partial charge >= 0.3 is 6.09 Å². The largest absolute Gasteiger partial charge is 0.444 e. The fourth-order valence-electron chi connectivity index (χ4n) is 4.23. The Morgan fingerprint density at radius 3 is 2.54 bits per heavy atom. The Bertz CT molecular complexity index is 1280. The summed E-state index contributed by atoms with van der Waals surface area (Å²) in [4.78, 5) is 32.1. The third kappa shape index (κ3) is 6.51. The van der Waals surface area contributed by atoms with Crippen LogP contribution in [0.2, 0.25) is 0 Å². The summed E-state index contributed by atoms with van der Waals surface area (Å²) in [7, 11) is 1.74. The number of nitrogens with zero attached hydrogens (tertiary/aromatic N) is 5. The van der Waals surface area contributed by atoms with Gasteiger partial charge in [0.25, 0.3) is 0 Å². The topological polar surface area (TPSA) is 92.6 Å². The highest BCUT2D eigenvalue weighted by Gasteiger charge is 2.27. The monoisotopic (exact) mass is 508 g/mol. The predicted molar refractivity (Wildman–Crippen MR) is 139 cm³/mol. The van der Waals surface area contributed by atoms with Gasteiger partial charge in [0, 0.05) is 57.5 Å². The molecule has 0 atom stereocenters. The van der Waals surface area contributed by atoms with Crippen LogP contribution in [0, 0.1) is 5.82 Å². The quantitative estimate of drug-likeness (QED) is 0.531. The number of aromatic nitrogens is 3. The number of ether oxygens (including phenoxy) is 1. The van der Waals surface area contributed by atoms with Gasteiger partial charge in [-0.2, -0.15) is 5.10 Å². The number of carbonyl (C=O) groups excluding carboxylic acids is 2. The van der Waals surface area contributed by atoms with E-state index in [9.17, 15) is 14.0 Å². The first kappa shape index (κ1) is 26.3. The molecular weight excluding hydrogens is 475 g/mol. The molecule has 1 aliphatic rings. The Labute approximate surface area is 216 Å². The summed E-state index contributed by atoms with van der Waals surface area (Å²) in [5, 5.41) is 7.63. The molecule has 3 aromatic rings. The summed E-state index contributed by atoms with van der Waals surface area (Å²) in [5.41, 5.74) is 3.76. The SMILES string of the molecule is CC(=O)Nc1cc(-c2c(-c3ccc(F)cc3)nn3c2CN(CCN(C)C(=O)OC(C)(C)C)CC3)ccn1. The van der Waals surface area contributed by atoms with Crippen molar-refractivity contribution in [3.8, 4) is 22.4 Å². The van der Waals surface area contributed by atoms with Gasteiger partial charge in [-0.1, -0.05) is 0 Å². The first-order valence-corrected chi connectivity index (χ1v) is 12.3. The lowest BCUT2D eigenvalue weighted by Crippen LogP contribution is -2.41. The number of hydrogen-bond acceptors (Lipinski definition) is 6. The van der Waals surface area contributed by atoms with Crippen molar-refractivity contribution >= 4 is 17.8 Å². The van der Waals surface area contributed by atoms with Crippen molar-refractivity contribution in [3.05, 3.63) is 54.1 Å². The minimum atomic E-state index is -0.546. The number of fused-ring (bicyclic) bond motifs is 1. The highest BCUT2D eigenvalue weighted by molar-refractivity contribution is 5.89. The van der Waals surface area contributed by atoms with Crippen molar-refractivity contribution < 1.29 is 18.7 Å². The number of nitrogens with one attached hydrogen (secondary N) is 1. The van der Waals surface area contributed by atoms with Gasteiger partial charge in [0.1, 0.15) is 22.9 Å². The van der Waals surface area contributed by atoms with Gasteiger partial charge in [-0.05, 0) is 62.7 Å². The van der Waals surface area contributed by atoms with Gasteiger partial charge < -0.3 is 15.0 Å². The zero-order valence-electron chi connectivity index (χ0n) is 21.9. The maximum atomic E-state index is 13.7. The lowest BCUT2D eigenvalue weighted by Gasteiger charge is -2.30. The van der Waals surface area contributed by atoms with Crippen LogP contribution in [0.1, 0.15) is 33.4 Å². The molecule has 0 saturated carbocycles. The predicted octanol–water partition coefficient (Wildman–Crippen LogP) is 4.39. The van der Waals surface area contributed by atoms with Crippen molar-refractivity contribution in [2.75, 3.05) is 32.0 Å². The third-order valence-corrected chi connectivity index (χ3v) is 5.99. The first-order chi connectivity index (χ1) is 17.5. The number of halogens is 1. The van der Waals surface area contributed by atoms with E-state index in [1.54, 1.807) is 30.3 Å². The molecule has 4 rings (SSSR count). The molecule has 0 fully saturated rings. The smallest absolute Gasteiger partial charge is 0.410 e. The summed E-state index contributed by atoms with van der Waals surface area (Å²) in [6, 6.07) is 9.98. The van der Waals surface area contributed by atoms with Crippen LogP contribution in [0.5, 0.6) is 0 Å². The molecule has 37 heavy (non-hydrogen) atoms. The summed E-state index contributed by atoms with van der Waals surface area (Å²) in [6.07, 6.45) is 1.30. The number of benzene rings is 1. The van der Waals surface area contributed by atoms with Crippen molar-refractivity contribution in [1.82, 2.24) is 24.6 Å². The number of pyridine rings is 1. The van der Waals surface area contributed by atoms with Crippen LogP contribution in [-0.2, 0) is 22.6 Å². The zero-order valence-corrected chi connectivity index (χ0v) is 21.9. The highest BCUT2D eigenvalue weighted by atomic mass is 19.1. The number of carbonyl (C=O) groups is 2. The van der Waals surface area contributed by atoms with Crippen LogP contribution in [-0.4, -0.2) is 68.8 Å². The molecule has 3 heterocycles. The Kier molecular flexibility index (Phi) is 7.58.